The molecule has 16 heavy (non-hydrogen) atoms. The van der Waals surface area contributed by atoms with Gasteiger partial charge in [0.2, 0.25) is 0 Å². The minimum Gasteiger partial charge on any atom is -0.444 e. The lowest BCUT2D eigenvalue weighted by atomic mass is 9.88. The molecule has 0 heterocycles. The molecule has 1 fully saturated rings. The monoisotopic (exact) mass is 229 g/mol. The predicted molar refractivity (Wildman–Crippen MR) is 67.3 cm³/mol. The topological polar surface area (TPSA) is 52.3 Å². The third-order valence-electron chi connectivity index (χ3n) is 2.71. The Labute approximate surface area is 99.7 Å². The van der Waals surface area contributed by atoms with Crippen molar-refractivity contribution in [1.82, 2.24) is 0 Å². The molecule has 0 unspecified atom stereocenters. The predicted octanol–water partition coefficient (Wildman–Crippen LogP) is 3.86. The van der Waals surface area contributed by atoms with Crippen LogP contribution in [0.3, 0.4) is 0 Å². The molecule has 0 radical (unpaired) electrons. The minimum atomic E-state index is -0.725. The van der Waals surface area contributed by atoms with Crippen LogP contribution in [0, 0.1) is 5.92 Å². The molecule has 96 valence electrons. The standard InChI is InChI=1S/C8H16.C5H11NO2/c1-2-8-6-4-3-5-7-8;1-5(2,3)8-4(6)7/h8H,2-7H2,1H3;1-3H3,(H2,6,7). The third kappa shape index (κ3) is 9.81. The van der Waals surface area contributed by atoms with Crippen molar-refractivity contribution in [2.24, 2.45) is 11.7 Å². The Kier molecular flexibility index (Phi) is 7.18. The van der Waals surface area contributed by atoms with E-state index in [0.29, 0.717) is 0 Å². The number of nitrogens with two attached hydrogens (primary N) is 1. The van der Waals surface area contributed by atoms with Gasteiger partial charge in [-0.2, -0.15) is 0 Å². The number of primary amides is 1. The highest BCUT2D eigenvalue weighted by Crippen LogP contribution is 2.25. The number of amides is 1. The quantitative estimate of drug-likeness (QED) is 0.742. The van der Waals surface area contributed by atoms with Crippen LogP contribution in [0.15, 0.2) is 0 Å². The summed E-state index contributed by atoms with van der Waals surface area (Å²) in [4.78, 5) is 10.0. The van der Waals surface area contributed by atoms with Crippen molar-refractivity contribution in [2.45, 2.75) is 71.8 Å². The van der Waals surface area contributed by atoms with Gasteiger partial charge < -0.3 is 10.5 Å². The van der Waals surface area contributed by atoms with E-state index in [4.69, 9.17) is 5.73 Å². The van der Waals surface area contributed by atoms with Gasteiger partial charge >= 0.3 is 6.09 Å². The zero-order valence-corrected chi connectivity index (χ0v) is 11.2. The zero-order valence-electron chi connectivity index (χ0n) is 11.2. The summed E-state index contributed by atoms with van der Waals surface area (Å²) < 4.78 is 4.58. The van der Waals surface area contributed by atoms with Crippen LogP contribution in [0.2, 0.25) is 0 Å². The zero-order chi connectivity index (χ0) is 12.6. The number of ether oxygens (including phenoxy) is 1. The van der Waals surface area contributed by atoms with Gasteiger partial charge in [-0.1, -0.05) is 45.4 Å². The summed E-state index contributed by atoms with van der Waals surface area (Å²) >= 11 is 0. The van der Waals surface area contributed by atoms with Crippen molar-refractivity contribution in [3.8, 4) is 0 Å². The Hall–Kier alpha value is -0.730. The van der Waals surface area contributed by atoms with Crippen molar-refractivity contribution in [3.63, 3.8) is 0 Å². The first-order chi connectivity index (χ1) is 7.35. The lowest BCUT2D eigenvalue weighted by molar-refractivity contribution is 0.0600. The Morgan fingerprint density at radius 3 is 1.94 bits per heavy atom. The van der Waals surface area contributed by atoms with Crippen molar-refractivity contribution in [3.05, 3.63) is 0 Å². The Morgan fingerprint density at radius 2 is 1.75 bits per heavy atom. The summed E-state index contributed by atoms with van der Waals surface area (Å²) in [6, 6.07) is 0. The van der Waals surface area contributed by atoms with E-state index < -0.39 is 11.7 Å². The first kappa shape index (κ1) is 15.3. The normalized spacial score (nSPS) is 17.2. The molecular weight excluding hydrogens is 202 g/mol. The average Bonchev–Trinajstić information content (AvgIpc) is 2.16. The van der Waals surface area contributed by atoms with Crippen LogP contribution in [-0.2, 0) is 4.74 Å². The Bertz CT molecular complexity index is 191. The highest BCUT2D eigenvalue weighted by Gasteiger charge is 2.12. The summed E-state index contributed by atoms with van der Waals surface area (Å²) in [6.45, 7) is 7.60. The third-order valence-corrected chi connectivity index (χ3v) is 2.71. The van der Waals surface area contributed by atoms with Gasteiger partial charge in [0.05, 0.1) is 0 Å². The molecule has 1 rings (SSSR count). The molecule has 2 N–H and O–H groups in total. The van der Waals surface area contributed by atoms with E-state index in [-0.39, 0.29) is 0 Å². The number of hydrogen-bond acceptors (Lipinski definition) is 2. The maximum absolute atomic E-state index is 10.0. The maximum atomic E-state index is 10.0. The van der Waals surface area contributed by atoms with Gasteiger partial charge in [0, 0.05) is 0 Å². The van der Waals surface area contributed by atoms with Crippen LogP contribution >= 0.6 is 0 Å². The van der Waals surface area contributed by atoms with Gasteiger partial charge in [-0.05, 0) is 26.7 Å². The summed E-state index contributed by atoms with van der Waals surface area (Å²) in [7, 11) is 0. The summed E-state index contributed by atoms with van der Waals surface area (Å²) in [5.74, 6) is 1.09. The highest BCUT2D eigenvalue weighted by molar-refractivity contribution is 5.65. The van der Waals surface area contributed by atoms with Gasteiger partial charge in [0.15, 0.2) is 0 Å². The molecule has 0 aromatic rings. The largest absolute Gasteiger partial charge is 0.444 e. The molecule has 0 atom stereocenters. The minimum absolute atomic E-state index is 0.453. The molecule has 0 bridgehead atoms. The molecule has 0 spiro atoms. The van der Waals surface area contributed by atoms with Crippen molar-refractivity contribution in [2.75, 3.05) is 0 Å². The Balaban J connectivity index is 0.000000281. The molecule has 3 nitrogen and oxygen atoms in total. The molecule has 1 saturated carbocycles. The van der Waals surface area contributed by atoms with E-state index in [1.54, 1.807) is 20.8 Å². The Morgan fingerprint density at radius 1 is 1.25 bits per heavy atom. The molecule has 0 aromatic carbocycles. The van der Waals surface area contributed by atoms with Crippen LogP contribution in [0.1, 0.15) is 66.2 Å². The smallest absolute Gasteiger partial charge is 0.405 e. The second-order valence-corrected chi connectivity index (χ2v) is 5.45. The summed E-state index contributed by atoms with van der Waals surface area (Å²) in [5, 5.41) is 0. The van der Waals surface area contributed by atoms with Gasteiger partial charge in [-0.25, -0.2) is 4.79 Å². The fraction of sp³-hybridized carbons (Fsp3) is 0.923. The fourth-order valence-electron chi connectivity index (χ4n) is 1.90. The van der Waals surface area contributed by atoms with Gasteiger partial charge in [-0.15, -0.1) is 0 Å². The first-order valence-corrected chi connectivity index (χ1v) is 6.33. The van der Waals surface area contributed by atoms with Gasteiger partial charge in [0.25, 0.3) is 0 Å². The number of carbonyl (C=O) groups is 1. The first-order valence-electron chi connectivity index (χ1n) is 6.33. The molecule has 3 heteroatoms. The van der Waals surface area contributed by atoms with E-state index in [1.807, 2.05) is 0 Å². The van der Waals surface area contributed by atoms with Crippen LogP contribution in [0.25, 0.3) is 0 Å². The maximum Gasteiger partial charge on any atom is 0.405 e. The number of carbonyl (C=O) groups excluding carboxylic acids is 1. The van der Waals surface area contributed by atoms with Crippen molar-refractivity contribution < 1.29 is 9.53 Å². The summed E-state index contributed by atoms with van der Waals surface area (Å²) in [6.07, 6.45) is 8.21. The molecule has 0 aromatic heterocycles. The van der Waals surface area contributed by atoms with Gasteiger partial charge in [0.1, 0.15) is 5.60 Å². The number of hydrogen-bond donors (Lipinski definition) is 1. The van der Waals surface area contributed by atoms with E-state index >= 15 is 0 Å². The highest BCUT2D eigenvalue weighted by atomic mass is 16.6. The SMILES string of the molecule is CC(C)(C)OC(N)=O.CCC1CCCCC1. The molecular formula is C13H27NO2. The van der Waals surface area contributed by atoms with Crippen LogP contribution in [0.5, 0.6) is 0 Å². The van der Waals surface area contributed by atoms with Crippen LogP contribution < -0.4 is 5.73 Å². The molecule has 1 amide bonds. The second-order valence-electron chi connectivity index (χ2n) is 5.45. The number of rotatable bonds is 1. The molecule has 0 saturated heterocycles. The van der Waals surface area contributed by atoms with E-state index in [2.05, 4.69) is 11.7 Å². The van der Waals surface area contributed by atoms with E-state index in [1.165, 1.54) is 38.5 Å². The second kappa shape index (κ2) is 7.53. The van der Waals surface area contributed by atoms with Crippen molar-refractivity contribution >= 4 is 6.09 Å². The molecule has 1 aliphatic rings. The summed E-state index contributed by atoms with van der Waals surface area (Å²) in [5.41, 5.74) is 4.26. The molecule has 1 aliphatic carbocycles. The van der Waals surface area contributed by atoms with Crippen LogP contribution in [-0.4, -0.2) is 11.7 Å². The average molecular weight is 229 g/mol. The van der Waals surface area contributed by atoms with E-state index in [9.17, 15) is 4.79 Å². The fourth-order valence-corrected chi connectivity index (χ4v) is 1.90. The van der Waals surface area contributed by atoms with Crippen molar-refractivity contribution in [1.29, 1.82) is 0 Å². The van der Waals surface area contributed by atoms with Gasteiger partial charge in [-0.3, -0.25) is 0 Å². The van der Waals surface area contributed by atoms with E-state index in [0.717, 1.165) is 5.92 Å². The molecule has 0 aliphatic heterocycles. The lowest BCUT2D eigenvalue weighted by Crippen LogP contribution is -2.27. The van der Waals surface area contributed by atoms with Crippen LogP contribution in [0.4, 0.5) is 4.79 Å². The lowest BCUT2D eigenvalue weighted by Gasteiger charge is -2.18.